The number of para-hydroxylation sites is 1. The van der Waals surface area contributed by atoms with Gasteiger partial charge in [0.2, 0.25) is 5.91 Å². The fourth-order valence-corrected chi connectivity index (χ4v) is 4.56. The van der Waals surface area contributed by atoms with Crippen molar-refractivity contribution in [2.45, 2.75) is 32.0 Å². The van der Waals surface area contributed by atoms with Crippen molar-refractivity contribution in [3.05, 3.63) is 87.6 Å². The molecule has 2 aromatic carbocycles. The van der Waals surface area contributed by atoms with Crippen LogP contribution in [0.5, 0.6) is 0 Å². The summed E-state index contributed by atoms with van der Waals surface area (Å²) in [5, 5.41) is 3.69. The number of hydrogen-bond acceptors (Lipinski definition) is 7. The van der Waals surface area contributed by atoms with E-state index in [1.54, 1.807) is 18.2 Å². The van der Waals surface area contributed by atoms with Gasteiger partial charge in [-0.05, 0) is 54.8 Å². The first-order valence-electron chi connectivity index (χ1n) is 11.1. The number of hydrogen-bond donors (Lipinski definition) is 1. The SMILES string of the molecule is CCc1cccc(C)c1NC(=O)CSc1nc2cc(C(=O)OC)ccc2c(=O)n1Cc1ccco1. The van der Waals surface area contributed by atoms with Crippen LogP contribution in [0.15, 0.2) is 69.2 Å². The number of amides is 1. The van der Waals surface area contributed by atoms with Gasteiger partial charge in [0.1, 0.15) is 5.76 Å². The molecule has 2 heterocycles. The van der Waals surface area contributed by atoms with Crippen LogP contribution in [0.3, 0.4) is 0 Å². The number of nitrogens with one attached hydrogen (secondary N) is 1. The highest BCUT2D eigenvalue weighted by Crippen LogP contribution is 2.24. The monoisotopic (exact) mass is 491 g/mol. The van der Waals surface area contributed by atoms with Crippen LogP contribution in [-0.2, 0) is 22.5 Å². The molecular formula is C26H25N3O5S. The summed E-state index contributed by atoms with van der Waals surface area (Å²) in [6.45, 7) is 4.15. The maximum absolute atomic E-state index is 13.3. The van der Waals surface area contributed by atoms with E-state index in [1.807, 2.05) is 32.0 Å². The van der Waals surface area contributed by atoms with Gasteiger partial charge < -0.3 is 14.5 Å². The zero-order chi connectivity index (χ0) is 24.9. The Morgan fingerprint density at radius 3 is 2.71 bits per heavy atom. The third-order valence-corrected chi connectivity index (χ3v) is 6.55. The number of aryl methyl sites for hydroxylation is 2. The highest BCUT2D eigenvalue weighted by molar-refractivity contribution is 7.99. The molecule has 0 atom stereocenters. The molecule has 0 aliphatic rings. The summed E-state index contributed by atoms with van der Waals surface area (Å²) in [6.07, 6.45) is 2.33. The van der Waals surface area contributed by atoms with E-state index < -0.39 is 5.97 Å². The fourth-order valence-electron chi connectivity index (χ4n) is 3.76. The summed E-state index contributed by atoms with van der Waals surface area (Å²) < 4.78 is 11.7. The van der Waals surface area contributed by atoms with Gasteiger partial charge in [0.15, 0.2) is 5.16 Å². The van der Waals surface area contributed by atoms with Gasteiger partial charge >= 0.3 is 5.97 Å². The van der Waals surface area contributed by atoms with Crippen LogP contribution in [0.1, 0.15) is 34.2 Å². The van der Waals surface area contributed by atoms with E-state index in [2.05, 4.69) is 10.3 Å². The van der Waals surface area contributed by atoms with E-state index in [0.717, 1.165) is 35.0 Å². The van der Waals surface area contributed by atoms with Crippen molar-refractivity contribution in [1.82, 2.24) is 9.55 Å². The molecule has 9 heteroatoms. The molecule has 0 saturated carbocycles. The van der Waals surface area contributed by atoms with Crippen LogP contribution in [0, 0.1) is 6.92 Å². The minimum absolute atomic E-state index is 0.0459. The fraction of sp³-hybridized carbons (Fsp3) is 0.231. The van der Waals surface area contributed by atoms with Crippen LogP contribution in [0.25, 0.3) is 10.9 Å². The molecule has 0 aliphatic heterocycles. The average molecular weight is 492 g/mol. The molecule has 1 N–H and O–H groups in total. The number of benzene rings is 2. The molecule has 4 aromatic rings. The molecule has 1 amide bonds. The van der Waals surface area contributed by atoms with Crippen molar-refractivity contribution in [2.75, 3.05) is 18.2 Å². The molecule has 4 rings (SSSR count). The number of fused-ring (bicyclic) bond motifs is 1. The molecule has 180 valence electrons. The van der Waals surface area contributed by atoms with E-state index in [4.69, 9.17) is 9.15 Å². The largest absolute Gasteiger partial charge is 0.467 e. The van der Waals surface area contributed by atoms with Crippen LogP contribution in [-0.4, -0.2) is 34.3 Å². The Balaban J connectivity index is 1.67. The summed E-state index contributed by atoms with van der Waals surface area (Å²) >= 11 is 1.15. The van der Waals surface area contributed by atoms with Crippen molar-refractivity contribution < 1.29 is 18.7 Å². The molecule has 2 aromatic heterocycles. The van der Waals surface area contributed by atoms with Crippen molar-refractivity contribution in [1.29, 1.82) is 0 Å². The van der Waals surface area contributed by atoms with Crippen molar-refractivity contribution >= 4 is 40.2 Å². The van der Waals surface area contributed by atoms with Gasteiger partial charge in [-0.2, -0.15) is 0 Å². The second-order valence-corrected chi connectivity index (χ2v) is 8.83. The summed E-state index contributed by atoms with van der Waals surface area (Å²) in [4.78, 5) is 42.8. The quantitative estimate of drug-likeness (QED) is 0.221. The van der Waals surface area contributed by atoms with Gasteiger partial charge in [0.25, 0.3) is 5.56 Å². The number of aromatic nitrogens is 2. The number of anilines is 1. The highest BCUT2D eigenvalue weighted by atomic mass is 32.2. The molecule has 0 saturated heterocycles. The third-order valence-electron chi connectivity index (χ3n) is 5.57. The maximum Gasteiger partial charge on any atom is 0.337 e. The van der Waals surface area contributed by atoms with Crippen molar-refractivity contribution in [2.24, 2.45) is 0 Å². The number of ether oxygens (including phenoxy) is 1. The topological polar surface area (TPSA) is 103 Å². The van der Waals surface area contributed by atoms with E-state index in [9.17, 15) is 14.4 Å². The van der Waals surface area contributed by atoms with Gasteiger partial charge in [-0.15, -0.1) is 0 Å². The first-order valence-corrected chi connectivity index (χ1v) is 12.1. The molecule has 8 nitrogen and oxygen atoms in total. The number of furan rings is 1. The Morgan fingerprint density at radius 2 is 2.00 bits per heavy atom. The standard InChI is InChI=1S/C26H25N3O5S/c1-4-17-8-5-7-16(2)23(17)28-22(30)15-35-26-27-21-13-18(25(32)33-3)10-11-20(21)24(31)29(26)14-19-9-6-12-34-19/h5-13H,4,14-15H2,1-3H3,(H,28,30). The Labute approximate surface area is 206 Å². The van der Waals surface area contributed by atoms with Crippen LogP contribution in [0.4, 0.5) is 5.69 Å². The van der Waals surface area contributed by atoms with E-state index in [1.165, 1.54) is 30.1 Å². The third kappa shape index (κ3) is 5.30. The Kier molecular flexibility index (Phi) is 7.36. The van der Waals surface area contributed by atoms with Crippen LogP contribution >= 0.6 is 11.8 Å². The molecule has 0 radical (unpaired) electrons. The van der Waals surface area contributed by atoms with Gasteiger partial charge in [0.05, 0.1) is 42.1 Å². The Bertz CT molecular complexity index is 1440. The lowest BCUT2D eigenvalue weighted by Crippen LogP contribution is -2.25. The van der Waals surface area contributed by atoms with E-state index in [-0.39, 0.29) is 29.3 Å². The number of esters is 1. The predicted molar refractivity (Wildman–Crippen MR) is 135 cm³/mol. The summed E-state index contributed by atoms with van der Waals surface area (Å²) in [6, 6.07) is 14.0. The highest BCUT2D eigenvalue weighted by Gasteiger charge is 2.17. The number of carbonyl (C=O) groups excluding carboxylic acids is 2. The summed E-state index contributed by atoms with van der Waals surface area (Å²) in [5.41, 5.74) is 3.19. The smallest absolute Gasteiger partial charge is 0.337 e. The molecule has 35 heavy (non-hydrogen) atoms. The van der Waals surface area contributed by atoms with Gasteiger partial charge in [0, 0.05) is 5.69 Å². The number of nitrogens with zero attached hydrogens (tertiary/aromatic N) is 2. The summed E-state index contributed by atoms with van der Waals surface area (Å²) in [7, 11) is 1.29. The minimum atomic E-state index is -0.521. The number of methoxy groups -OCH3 is 1. The number of carbonyl (C=O) groups is 2. The average Bonchev–Trinajstić information content (AvgIpc) is 3.38. The Morgan fingerprint density at radius 1 is 1.17 bits per heavy atom. The molecule has 0 fully saturated rings. The summed E-state index contributed by atoms with van der Waals surface area (Å²) in [5.74, 6) is -0.101. The van der Waals surface area contributed by atoms with Gasteiger partial charge in [-0.3, -0.25) is 14.2 Å². The minimum Gasteiger partial charge on any atom is -0.467 e. The zero-order valence-corrected chi connectivity index (χ0v) is 20.5. The van der Waals surface area contributed by atoms with Crippen LogP contribution < -0.4 is 10.9 Å². The first-order chi connectivity index (χ1) is 16.9. The van der Waals surface area contributed by atoms with E-state index >= 15 is 0 Å². The second kappa shape index (κ2) is 10.6. The first kappa shape index (κ1) is 24.3. The van der Waals surface area contributed by atoms with Gasteiger partial charge in [-0.25, -0.2) is 9.78 Å². The zero-order valence-electron chi connectivity index (χ0n) is 19.7. The van der Waals surface area contributed by atoms with Crippen molar-refractivity contribution in [3.63, 3.8) is 0 Å². The lowest BCUT2D eigenvalue weighted by molar-refractivity contribution is -0.113. The number of rotatable bonds is 8. The molecule has 0 aliphatic carbocycles. The molecular weight excluding hydrogens is 466 g/mol. The van der Waals surface area contributed by atoms with E-state index in [0.29, 0.717) is 21.8 Å². The lowest BCUT2D eigenvalue weighted by atomic mass is 10.1. The van der Waals surface area contributed by atoms with Gasteiger partial charge in [-0.1, -0.05) is 36.9 Å². The molecule has 0 bridgehead atoms. The Hall–Kier alpha value is -3.85. The lowest BCUT2D eigenvalue weighted by Gasteiger charge is -2.14. The molecule has 0 spiro atoms. The normalized spacial score (nSPS) is 10.9. The van der Waals surface area contributed by atoms with Crippen molar-refractivity contribution in [3.8, 4) is 0 Å². The number of thioether (sulfide) groups is 1. The maximum atomic E-state index is 13.3. The molecule has 0 unspecified atom stereocenters. The predicted octanol–water partition coefficient (Wildman–Crippen LogP) is 4.43. The van der Waals surface area contributed by atoms with Crippen LogP contribution in [0.2, 0.25) is 0 Å². The second-order valence-electron chi connectivity index (χ2n) is 7.89.